The maximum absolute atomic E-state index is 12.5. The van der Waals surface area contributed by atoms with E-state index in [0.29, 0.717) is 24.1 Å². The van der Waals surface area contributed by atoms with Crippen LogP contribution in [0.15, 0.2) is 17.7 Å². The van der Waals surface area contributed by atoms with Gasteiger partial charge in [0.2, 0.25) is 0 Å². The van der Waals surface area contributed by atoms with Crippen LogP contribution >= 0.6 is 0 Å². The van der Waals surface area contributed by atoms with Gasteiger partial charge in [0.25, 0.3) is 5.91 Å². The standard InChI is InChI=1S/C17H21NO4/c1-3-5-7-18-17(22)15-10(6-4-2)11-8-13(19)14(20)9-12(11)16(15)21/h8-9,19-20H,3-7H2,1-2H3,(H,18,22). The highest BCUT2D eigenvalue weighted by Crippen LogP contribution is 2.41. The Balaban J connectivity index is 2.41. The molecule has 0 saturated carbocycles. The smallest absolute Gasteiger partial charge is 0.255 e. The van der Waals surface area contributed by atoms with Crippen molar-refractivity contribution in [3.05, 3.63) is 28.8 Å². The van der Waals surface area contributed by atoms with Crippen LogP contribution in [0.25, 0.3) is 5.57 Å². The van der Waals surface area contributed by atoms with Crippen molar-refractivity contribution in [2.75, 3.05) is 6.54 Å². The van der Waals surface area contributed by atoms with Crippen LogP contribution in [0.1, 0.15) is 55.5 Å². The van der Waals surface area contributed by atoms with Crippen LogP contribution in [0.5, 0.6) is 11.5 Å². The Morgan fingerprint density at radius 2 is 1.73 bits per heavy atom. The van der Waals surface area contributed by atoms with E-state index < -0.39 is 0 Å². The number of unbranched alkanes of at least 4 members (excludes halogenated alkanes) is 1. The van der Waals surface area contributed by atoms with Gasteiger partial charge >= 0.3 is 0 Å². The summed E-state index contributed by atoms with van der Waals surface area (Å²) in [6, 6.07) is 2.59. The van der Waals surface area contributed by atoms with Crippen molar-refractivity contribution in [2.24, 2.45) is 0 Å². The van der Waals surface area contributed by atoms with Crippen LogP contribution in [-0.2, 0) is 4.79 Å². The second-order valence-corrected chi connectivity index (χ2v) is 5.43. The number of phenolic OH excluding ortho intramolecular Hbond substituents is 2. The second kappa shape index (κ2) is 6.64. The molecule has 0 atom stereocenters. The lowest BCUT2D eigenvalue weighted by Gasteiger charge is -2.08. The van der Waals surface area contributed by atoms with Crippen molar-refractivity contribution in [3.63, 3.8) is 0 Å². The molecule has 1 aromatic carbocycles. The van der Waals surface area contributed by atoms with Crippen LogP contribution < -0.4 is 5.32 Å². The molecule has 0 radical (unpaired) electrons. The Morgan fingerprint density at radius 1 is 1.09 bits per heavy atom. The molecule has 5 nitrogen and oxygen atoms in total. The number of aromatic hydroxyl groups is 2. The molecule has 0 saturated heterocycles. The first-order valence-corrected chi connectivity index (χ1v) is 7.63. The molecule has 0 fully saturated rings. The van der Waals surface area contributed by atoms with Gasteiger partial charge in [0.1, 0.15) is 0 Å². The number of phenols is 2. The summed E-state index contributed by atoms with van der Waals surface area (Å²) in [6.45, 7) is 4.51. The summed E-state index contributed by atoms with van der Waals surface area (Å²) in [6.07, 6.45) is 3.15. The van der Waals surface area contributed by atoms with Crippen molar-refractivity contribution in [1.82, 2.24) is 5.32 Å². The molecule has 5 heteroatoms. The van der Waals surface area contributed by atoms with Crippen LogP contribution in [0.2, 0.25) is 0 Å². The van der Waals surface area contributed by atoms with E-state index in [1.54, 1.807) is 0 Å². The van der Waals surface area contributed by atoms with Crippen LogP contribution in [0.4, 0.5) is 0 Å². The molecule has 1 amide bonds. The Hall–Kier alpha value is -2.30. The number of fused-ring (bicyclic) bond motifs is 1. The number of amides is 1. The van der Waals surface area contributed by atoms with Gasteiger partial charge in [-0.2, -0.15) is 0 Å². The molecule has 0 heterocycles. The third-order valence-electron chi connectivity index (χ3n) is 3.76. The fraction of sp³-hybridized carbons (Fsp3) is 0.412. The highest BCUT2D eigenvalue weighted by atomic mass is 16.3. The van der Waals surface area contributed by atoms with E-state index in [-0.39, 0.29) is 34.3 Å². The van der Waals surface area contributed by atoms with Gasteiger partial charge in [0, 0.05) is 12.1 Å². The summed E-state index contributed by atoms with van der Waals surface area (Å²) in [5.41, 5.74) is 1.60. The molecule has 1 aliphatic rings. The third-order valence-corrected chi connectivity index (χ3v) is 3.76. The number of hydrogen-bond acceptors (Lipinski definition) is 4. The quantitative estimate of drug-likeness (QED) is 0.428. The lowest BCUT2D eigenvalue weighted by atomic mass is 10.0. The predicted molar refractivity (Wildman–Crippen MR) is 83.8 cm³/mol. The van der Waals surface area contributed by atoms with Crippen molar-refractivity contribution in [2.45, 2.75) is 39.5 Å². The Bertz CT molecular complexity index is 646. The maximum Gasteiger partial charge on any atom is 0.255 e. The summed E-state index contributed by atoms with van der Waals surface area (Å²) in [5, 5.41) is 22.0. The molecule has 22 heavy (non-hydrogen) atoms. The number of Topliss-reactive ketones (excluding diaryl/α,β-unsaturated/α-hetero) is 1. The van der Waals surface area contributed by atoms with Crippen molar-refractivity contribution in [1.29, 1.82) is 0 Å². The minimum absolute atomic E-state index is 0.137. The van der Waals surface area contributed by atoms with Gasteiger partial charge in [-0.25, -0.2) is 0 Å². The first kappa shape index (κ1) is 16.1. The molecule has 0 bridgehead atoms. The second-order valence-electron chi connectivity index (χ2n) is 5.43. The highest BCUT2D eigenvalue weighted by Gasteiger charge is 2.34. The van der Waals surface area contributed by atoms with Gasteiger partial charge in [-0.15, -0.1) is 0 Å². The minimum atomic E-state index is -0.386. The zero-order valence-corrected chi connectivity index (χ0v) is 12.9. The number of carbonyl (C=O) groups is 2. The van der Waals surface area contributed by atoms with Gasteiger partial charge in [0.05, 0.1) is 5.57 Å². The maximum atomic E-state index is 12.5. The van der Waals surface area contributed by atoms with E-state index in [4.69, 9.17) is 0 Å². The predicted octanol–water partition coefficient (Wildman–Crippen LogP) is 2.76. The summed E-state index contributed by atoms with van der Waals surface area (Å²) in [7, 11) is 0. The van der Waals surface area contributed by atoms with E-state index >= 15 is 0 Å². The number of nitrogens with one attached hydrogen (secondary N) is 1. The number of rotatable bonds is 6. The Kier molecular flexibility index (Phi) is 4.85. The number of allylic oxidation sites excluding steroid dienone is 1. The molecular formula is C17H21NO4. The largest absolute Gasteiger partial charge is 0.504 e. The Morgan fingerprint density at radius 3 is 2.32 bits per heavy atom. The third kappa shape index (κ3) is 2.84. The minimum Gasteiger partial charge on any atom is -0.504 e. The first-order chi connectivity index (χ1) is 10.5. The molecule has 0 aliphatic heterocycles. The van der Waals surface area contributed by atoms with Crippen molar-refractivity contribution >= 4 is 17.3 Å². The molecular weight excluding hydrogens is 282 g/mol. The average Bonchev–Trinajstić information content (AvgIpc) is 2.73. The molecule has 1 aliphatic carbocycles. The fourth-order valence-electron chi connectivity index (χ4n) is 2.64. The van der Waals surface area contributed by atoms with E-state index in [1.807, 2.05) is 13.8 Å². The fourth-order valence-corrected chi connectivity index (χ4v) is 2.64. The van der Waals surface area contributed by atoms with Gasteiger partial charge in [-0.1, -0.05) is 26.7 Å². The molecule has 1 aromatic rings. The molecule has 0 aromatic heterocycles. The number of ketones is 1. The molecule has 118 valence electrons. The molecule has 0 unspecified atom stereocenters. The summed E-state index contributed by atoms with van der Waals surface area (Å²) >= 11 is 0. The van der Waals surface area contributed by atoms with Gasteiger partial charge in [-0.3, -0.25) is 9.59 Å². The normalized spacial score (nSPS) is 13.5. The highest BCUT2D eigenvalue weighted by molar-refractivity contribution is 6.34. The Labute approximate surface area is 129 Å². The van der Waals surface area contributed by atoms with Gasteiger partial charge in [-0.05, 0) is 36.1 Å². The monoisotopic (exact) mass is 303 g/mol. The lowest BCUT2D eigenvalue weighted by molar-refractivity contribution is -0.117. The summed E-state index contributed by atoms with van der Waals surface area (Å²) < 4.78 is 0. The topological polar surface area (TPSA) is 86.6 Å². The van der Waals surface area contributed by atoms with E-state index in [2.05, 4.69) is 5.32 Å². The van der Waals surface area contributed by atoms with Crippen molar-refractivity contribution in [3.8, 4) is 11.5 Å². The van der Waals surface area contributed by atoms with E-state index in [0.717, 1.165) is 19.3 Å². The average molecular weight is 303 g/mol. The van der Waals surface area contributed by atoms with Gasteiger partial charge < -0.3 is 15.5 Å². The molecule has 3 N–H and O–H groups in total. The first-order valence-electron chi connectivity index (χ1n) is 7.63. The van der Waals surface area contributed by atoms with E-state index in [1.165, 1.54) is 12.1 Å². The molecule has 2 rings (SSSR count). The van der Waals surface area contributed by atoms with Crippen molar-refractivity contribution < 1.29 is 19.8 Å². The zero-order chi connectivity index (χ0) is 16.3. The number of hydrogen-bond donors (Lipinski definition) is 3. The van der Waals surface area contributed by atoms with Crippen LogP contribution in [0.3, 0.4) is 0 Å². The van der Waals surface area contributed by atoms with E-state index in [9.17, 15) is 19.8 Å². The SMILES string of the molecule is CCCCNC(=O)C1=C(CCC)c2cc(O)c(O)cc2C1=O. The zero-order valence-electron chi connectivity index (χ0n) is 12.9. The van der Waals surface area contributed by atoms with Gasteiger partial charge in [0.15, 0.2) is 17.3 Å². The summed E-state index contributed by atoms with van der Waals surface area (Å²) in [5.74, 6) is -1.40. The number of carbonyl (C=O) groups excluding carboxylic acids is 2. The summed E-state index contributed by atoms with van der Waals surface area (Å²) in [4.78, 5) is 24.8. The van der Waals surface area contributed by atoms with Crippen LogP contribution in [0, 0.1) is 0 Å². The lowest BCUT2D eigenvalue weighted by Crippen LogP contribution is -2.28. The van der Waals surface area contributed by atoms with Crippen LogP contribution in [-0.4, -0.2) is 28.4 Å². The molecule has 0 spiro atoms. The number of benzene rings is 1.